The first-order valence-corrected chi connectivity index (χ1v) is 13.0. The minimum Gasteiger partial charge on any atom is -0.431 e. The lowest BCUT2D eigenvalue weighted by atomic mass is 10.2. The third-order valence-electron chi connectivity index (χ3n) is 3.90. The van der Waals surface area contributed by atoms with E-state index < -0.39 is 15.7 Å². The Bertz CT molecular complexity index is 350. The van der Waals surface area contributed by atoms with Crippen LogP contribution >= 0.6 is 0 Å². The molecule has 4 heteroatoms. The highest BCUT2D eigenvalue weighted by Crippen LogP contribution is 2.21. The van der Waals surface area contributed by atoms with Crippen molar-refractivity contribution in [3.05, 3.63) is 30.3 Å². The molecule has 0 saturated carbocycles. The van der Waals surface area contributed by atoms with Crippen molar-refractivity contribution in [2.45, 2.75) is 51.7 Å². The molecule has 0 aliphatic heterocycles. The van der Waals surface area contributed by atoms with Gasteiger partial charge in [-0.1, -0.05) is 62.9 Å². The van der Waals surface area contributed by atoms with E-state index in [1.54, 1.807) is 0 Å². The van der Waals surface area contributed by atoms with E-state index in [0.717, 1.165) is 17.7 Å². The Morgan fingerprint density at radius 2 is 1.56 bits per heavy atom. The molecule has 0 fully saturated rings. The van der Waals surface area contributed by atoms with Crippen LogP contribution in [0.1, 0.15) is 32.6 Å². The van der Waals surface area contributed by atoms with Crippen LogP contribution in [0.15, 0.2) is 30.3 Å². The summed E-state index contributed by atoms with van der Waals surface area (Å²) in [4.78, 5) is 21.6. The summed E-state index contributed by atoms with van der Waals surface area (Å²) in [5.41, 5.74) is 0. The fourth-order valence-electron chi connectivity index (χ4n) is 2.21. The molecule has 2 atom stereocenters. The Hall–Kier alpha value is -0.426. The number of rotatable bonds is 7. The minimum absolute atomic E-state index is 0.821. The normalized spacial score (nSPS) is 18.1. The quantitative estimate of drug-likeness (QED) is 0.596. The van der Waals surface area contributed by atoms with Gasteiger partial charge in [0, 0.05) is 0 Å². The lowest BCUT2D eigenvalue weighted by molar-refractivity contribution is 0.513. The molecule has 0 amide bonds. The van der Waals surface area contributed by atoms with E-state index in [0.29, 0.717) is 0 Å². The van der Waals surface area contributed by atoms with Gasteiger partial charge in [-0.15, -0.1) is 0 Å². The van der Waals surface area contributed by atoms with Crippen LogP contribution in [0.3, 0.4) is 0 Å². The topological polar surface area (TPSA) is 40.5 Å². The maximum absolute atomic E-state index is 10.8. The first-order chi connectivity index (χ1) is 8.42. The van der Waals surface area contributed by atoms with E-state index in [1.165, 1.54) is 19.3 Å². The summed E-state index contributed by atoms with van der Waals surface area (Å²) >= 11 is 0. The smallest absolute Gasteiger partial charge is 0.234 e. The van der Waals surface area contributed by atoms with Crippen LogP contribution in [0.5, 0.6) is 0 Å². The van der Waals surface area contributed by atoms with Crippen LogP contribution in [0.4, 0.5) is 0 Å². The molecule has 18 heavy (non-hydrogen) atoms. The van der Waals surface area contributed by atoms with E-state index in [4.69, 9.17) is 0 Å². The van der Waals surface area contributed by atoms with Crippen LogP contribution in [0.25, 0.3) is 0 Å². The van der Waals surface area contributed by atoms with Gasteiger partial charge < -0.3 is 9.59 Å². The molecule has 0 bridgehead atoms. The van der Waals surface area contributed by atoms with E-state index >= 15 is 0 Å². The van der Waals surface area contributed by atoms with Gasteiger partial charge in [0.2, 0.25) is 15.7 Å². The highest BCUT2D eigenvalue weighted by Gasteiger charge is 2.48. The lowest BCUT2D eigenvalue weighted by Crippen LogP contribution is -2.67. The van der Waals surface area contributed by atoms with Gasteiger partial charge in [-0.3, -0.25) is 0 Å². The Morgan fingerprint density at radius 1 is 0.944 bits per heavy atom. The van der Waals surface area contributed by atoms with Gasteiger partial charge in [0.15, 0.2) is 0 Å². The third kappa shape index (κ3) is 3.78. The standard InChI is InChI=1S/C14H26O2Si2/c1-4-5-6-10-13-17(2,15)18(3,16)14-11-8-7-9-12-14/h7-9,11-12,15-16H,4-6,10,13H2,1-3H3. The van der Waals surface area contributed by atoms with Gasteiger partial charge in [0.1, 0.15) is 0 Å². The fraction of sp³-hybridized carbons (Fsp3) is 0.571. The van der Waals surface area contributed by atoms with Crippen molar-refractivity contribution in [1.29, 1.82) is 0 Å². The molecule has 2 N–H and O–H groups in total. The summed E-state index contributed by atoms with van der Waals surface area (Å²) in [6.45, 7) is 6.01. The van der Waals surface area contributed by atoms with Crippen molar-refractivity contribution in [2.75, 3.05) is 0 Å². The summed E-state index contributed by atoms with van der Waals surface area (Å²) < 4.78 is 0. The molecule has 0 saturated heterocycles. The third-order valence-corrected chi connectivity index (χ3v) is 16.7. The maximum atomic E-state index is 10.8. The van der Waals surface area contributed by atoms with Gasteiger partial charge >= 0.3 is 0 Å². The van der Waals surface area contributed by atoms with Crippen molar-refractivity contribution in [2.24, 2.45) is 0 Å². The molecule has 0 aliphatic carbocycles. The van der Waals surface area contributed by atoms with Crippen molar-refractivity contribution in [3.63, 3.8) is 0 Å². The van der Waals surface area contributed by atoms with Gasteiger partial charge in [-0.25, -0.2) is 0 Å². The number of hydrogen-bond acceptors (Lipinski definition) is 2. The number of benzene rings is 1. The zero-order chi connectivity index (χ0) is 13.6. The van der Waals surface area contributed by atoms with Gasteiger partial charge in [0.05, 0.1) is 0 Å². The Balaban J connectivity index is 2.70. The summed E-state index contributed by atoms with van der Waals surface area (Å²) in [5.74, 6) is 0. The molecule has 0 spiro atoms. The van der Waals surface area contributed by atoms with Crippen LogP contribution < -0.4 is 5.19 Å². The first-order valence-electron chi connectivity index (χ1n) is 6.92. The second-order valence-electron chi connectivity index (χ2n) is 5.52. The molecule has 2 nitrogen and oxygen atoms in total. The number of hydrogen-bond donors (Lipinski definition) is 2. The number of unbranched alkanes of at least 4 members (excludes halogenated alkanes) is 3. The van der Waals surface area contributed by atoms with Gasteiger partial charge in [0.25, 0.3) is 0 Å². The predicted molar refractivity (Wildman–Crippen MR) is 82.7 cm³/mol. The predicted octanol–water partition coefficient (Wildman–Crippen LogP) is 2.69. The molecule has 0 aliphatic rings. The molecule has 1 rings (SSSR count). The van der Waals surface area contributed by atoms with Gasteiger partial charge in [-0.05, 0) is 24.3 Å². The second kappa shape index (κ2) is 6.66. The lowest BCUT2D eigenvalue weighted by Gasteiger charge is -2.34. The zero-order valence-electron chi connectivity index (χ0n) is 11.8. The molecule has 0 heterocycles. The molecule has 1 aromatic rings. The SMILES string of the molecule is CCCCCC[Si](C)(O)[Si](C)(O)c1ccccc1. The van der Waals surface area contributed by atoms with E-state index in [-0.39, 0.29) is 0 Å². The average molecular weight is 283 g/mol. The van der Waals surface area contributed by atoms with E-state index in [2.05, 4.69) is 6.92 Å². The van der Waals surface area contributed by atoms with E-state index in [1.807, 2.05) is 43.4 Å². The van der Waals surface area contributed by atoms with Crippen molar-refractivity contribution in [3.8, 4) is 0 Å². The zero-order valence-corrected chi connectivity index (χ0v) is 13.8. The van der Waals surface area contributed by atoms with Crippen molar-refractivity contribution < 1.29 is 9.59 Å². The molecular formula is C14H26O2Si2. The summed E-state index contributed by atoms with van der Waals surface area (Å²) in [6.07, 6.45) is 4.64. The Kier molecular flexibility index (Phi) is 5.78. The summed E-state index contributed by atoms with van der Waals surface area (Å²) in [6, 6.07) is 10.6. The summed E-state index contributed by atoms with van der Waals surface area (Å²) in [7, 11) is -5.20. The minimum atomic E-state index is -2.67. The second-order valence-corrected chi connectivity index (χ2v) is 17.4. The monoisotopic (exact) mass is 282 g/mol. The summed E-state index contributed by atoms with van der Waals surface area (Å²) in [5, 5.41) is 0.970. The Morgan fingerprint density at radius 3 is 2.11 bits per heavy atom. The largest absolute Gasteiger partial charge is 0.431 e. The maximum Gasteiger partial charge on any atom is 0.234 e. The molecule has 0 radical (unpaired) electrons. The average Bonchev–Trinajstić information content (AvgIpc) is 2.35. The highest BCUT2D eigenvalue weighted by molar-refractivity contribution is 7.40. The van der Waals surface area contributed by atoms with Crippen molar-refractivity contribution in [1.82, 2.24) is 0 Å². The van der Waals surface area contributed by atoms with Crippen molar-refractivity contribution >= 4 is 20.9 Å². The molecule has 2 unspecified atom stereocenters. The van der Waals surface area contributed by atoms with E-state index in [9.17, 15) is 9.59 Å². The Labute approximate surface area is 113 Å². The van der Waals surface area contributed by atoms with Crippen LogP contribution in [-0.2, 0) is 0 Å². The van der Waals surface area contributed by atoms with Crippen LogP contribution in [0, 0.1) is 0 Å². The van der Waals surface area contributed by atoms with Crippen LogP contribution in [0.2, 0.25) is 19.1 Å². The van der Waals surface area contributed by atoms with Gasteiger partial charge in [-0.2, -0.15) is 0 Å². The highest BCUT2D eigenvalue weighted by atomic mass is 29.3. The molecule has 102 valence electrons. The molecule has 0 aromatic heterocycles. The fourth-order valence-corrected chi connectivity index (χ4v) is 9.46. The van der Waals surface area contributed by atoms with Crippen LogP contribution in [-0.4, -0.2) is 25.3 Å². The molecular weight excluding hydrogens is 256 g/mol. The first kappa shape index (κ1) is 15.6. The molecule has 1 aromatic carbocycles.